The lowest BCUT2D eigenvalue weighted by atomic mass is 9.64. The number of alkyl halides is 3. The Hall–Kier alpha value is -4.14. The number of benzene rings is 2. The molecule has 0 radical (unpaired) electrons. The summed E-state index contributed by atoms with van der Waals surface area (Å²) in [4.78, 5) is 25.7. The topological polar surface area (TPSA) is 114 Å². The minimum Gasteiger partial charge on any atom is -0.476 e. The van der Waals surface area contributed by atoms with Crippen LogP contribution in [-0.4, -0.2) is 69.8 Å². The van der Waals surface area contributed by atoms with Crippen molar-refractivity contribution < 1.29 is 35.9 Å². The number of carbonyl (C=O) groups is 1. The molecule has 2 aliphatic rings. The normalized spacial score (nSPS) is 15.4. The smallest absolute Gasteiger partial charge is 0.476 e. The highest BCUT2D eigenvalue weighted by Crippen LogP contribution is 2.55. The van der Waals surface area contributed by atoms with Crippen LogP contribution in [0.2, 0.25) is 0 Å². The highest BCUT2D eigenvalue weighted by molar-refractivity contribution is 7.92. The first-order valence-electron chi connectivity index (χ1n) is 14.7. The fourth-order valence-corrected chi connectivity index (χ4v) is 7.07. The van der Waals surface area contributed by atoms with Crippen LogP contribution >= 0.6 is 12.4 Å². The first-order chi connectivity index (χ1) is 21.8. The molecule has 2 aromatic heterocycles. The number of fused-ring (bicyclic) bond motifs is 4. The summed E-state index contributed by atoms with van der Waals surface area (Å²) in [5.41, 5.74) is 3.28. The van der Waals surface area contributed by atoms with E-state index >= 15 is 0 Å². The number of likely N-dealkylation sites (N-methyl/N-ethyl adjacent to an activating group) is 1. The van der Waals surface area contributed by atoms with E-state index in [4.69, 9.17) is 4.74 Å². The standard InChI is InChI=1S/C32H32F3N5O5S.ClH/c1-39(2)14-5-15-44-29-26(38-46(42,43)23-9-7-22(8-10-23)45-32(33,34)35)17-21(18-37-29)20-6-11-25-24(16-20)28-27(19-36-25)40(3)30(41)31(28)12-4-13-31;/h6-11,16-19,38H,4-5,12-15H2,1-3H3;1H. The van der Waals surface area contributed by atoms with E-state index in [2.05, 4.69) is 19.4 Å². The van der Waals surface area contributed by atoms with Gasteiger partial charge in [-0.15, -0.1) is 25.6 Å². The number of amides is 1. The van der Waals surface area contributed by atoms with E-state index < -0.39 is 27.6 Å². The monoisotopic (exact) mass is 691 g/mol. The molecule has 1 fully saturated rings. The largest absolute Gasteiger partial charge is 0.573 e. The average molecular weight is 692 g/mol. The number of aromatic nitrogens is 2. The summed E-state index contributed by atoms with van der Waals surface area (Å²) >= 11 is 0. The molecule has 47 heavy (non-hydrogen) atoms. The molecule has 6 rings (SSSR count). The third-order valence-corrected chi connectivity index (χ3v) is 9.78. The Morgan fingerprint density at radius 2 is 1.74 bits per heavy atom. The summed E-state index contributed by atoms with van der Waals surface area (Å²) in [5.74, 6) is -0.429. The summed E-state index contributed by atoms with van der Waals surface area (Å²) in [6.45, 7) is 1.00. The fraction of sp³-hybridized carbons (Fsp3) is 0.344. The highest BCUT2D eigenvalue weighted by Gasteiger charge is 2.54. The average Bonchev–Trinajstić information content (AvgIpc) is 3.21. The van der Waals surface area contributed by atoms with Gasteiger partial charge in [0.15, 0.2) is 0 Å². The zero-order chi connectivity index (χ0) is 32.9. The van der Waals surface area contributed by atoms with E-state index in [0.29, 0.717) is 12.0 Å². The van der Waals surface area contributed by atoms with Crippen molar-refractivity contribution >= 4 is 50.6 Å². The van der Waals surface area contributed by atoms with Crippen molar-refractivity contribution in [2.24, 2.45) is 0 Å². The number of ether oxygens (including phenoxy) is 2. The van der Waals surface area contributed by atoms with Crippen LogP contribution in [0.1, 0.15) is 31.2 Å². The molecule has 4 aromatic rings. The second kappa shape index (κ2) is 12.8. The number of halogens is 4. The number of nitrogens with zero attached hydrogens (tertiary/aromatic N) is 4. The molecule has 0 atom stereocenters. The second-order valence-electron chi connectivity index (χ2n) is 11.8. The molecule has 1 N–H and O–H groups in total. The van der Waals surface area contributed by atoms with Gasteiger partial charge in [-0.25, -0.2) is 13.4 Å². The molecular formula is C32H33ClF3N5O5S. The molecule has 10 nitrogen and oxygen atoms in total. The van der Waals surface area contributed by atoms with Crippen molar-refractivity contribution in [1.29, 1.82) is 0 Å². The maximum atomic E-state index is 13.4. The van der Waals surface area contributed by atoms with Crippen LogP contribution in [0, 0.1) is 0 Å². The molecule has 1 saturated carbocycles. The number of sulfonamides is 1. The lowest BCUT2D eigenvalue weighted by Crippen LogP contribution is -2.43. The van der Waals surface area contributed by atoms with Gasteiger partial charge in [-0.1, -0.05) is 12.5 Å². The molecule has 0 saturated heterocycles. The number of anilines is 2. The maximum Gasteiger partial charge on any atom is 0.573 e. The van der Waals surface area contributed by atoms with Crippen molar-refractivity contribution in [3.63, 3.8) is 0 Å². The molecule has 0 unspecified atom stereocenters. The van der Waals surface area contributed by atoms with E-state index in [0.717, 1.165) is 77.8 Å². The molecule has 1 amide bonds. The van der Waals surface area contributed by atoms with Crippen LogP contribution in [0.3, 0.4) is 0 Å². The third kappa shape index (κ3) is 6.67. The molecule has 2 aromatic carbocycles. The second-order valence-corrected chi connectivity index (χ2v) is 13.4. The first-order valence-corrected chi connectivity index (χ1v) is 16.1. The number of rotatable bonds is 10. The molecule has 15 heteroatoms. The summed E-state index contributed by atoms with van der Waals surface area (Å²) in [7, 11) is 1.34. The molecule has 1 spiro atoms. The van der Waals surface area contributed by atoms with Gasteiger partial charge in [0.05, 0.1) is 34.3 Å². The van der Waals surface area contributed by atoms with Crippen LogP contribution in [0.25, 0.3) is 22.0 Å². The van der Waals surface area contributed by atoms with Crippen molar-refractivity contribution in [2.75, 3.05) is 43.9 Å². The number of hydrogen-bond donors (Lipinski definition) is 1. The molecule has 0 bridgehead atoms. The number of pyridine rings is 2. The lowest BCUT2D eigenvalue weighted by molar-refractivity contribution is -0.274. The van der Waals surface area contributed by atoms with E-state index in [1.54, 1.807) is 30.4 Å². The van der Waals surface area contributed by atoms with Gasteiger partial charge in [0, 0.05) is 36.3 Å². The number of hydrogen-bond acceptors (Lipinski definition) is 8. The molecule has 3 heterocycles. The van der Waals surface area contributed by atoms with Gasteiger partial charge in [0.1, 0.15) is 11.4 Å². The van der Waals surface area contributed by atoms with Crippen LogP contribution in [0.5, 0.6) is 11.6 Å². The zero-order valence-electron chi connectivity index (χ0n) is 25.8. The highest BCUT2D eigenvalue weighted by atomic mass is 35.5. The minimum absolute atomic E-state index is 0. The van der Waals surface area contributed by atoms with Gasteiger partial charge in [0.2, 0.25) is 11.8 Å². The minimum atomic E-state index is -4.91. The summed E-state index contributed by atoms with van der Waals surface area (Å²) < 4.78 is 76.8. The van der Waals surface area contributed by atoms with Crippen LogP contribution in [0.15, 0.2) is 65.8 Å². The van der Waals surface area contributed by atoms with E-state index in [9.17, 15) is 26.4 Å². The Morgan fingerprint density at radius 1 is 1.02 bits per heavy atom. The molecule has 1 aliphatic heterocycles. The van der Waals surface area contributed by atoms with Gasteiger partial charge in [-0.2, -0.15) is 0 Å². The van der Waals surface area contributed by atoms with Crippen molar-refractivity contribution in [1.82, 2.24) is 14.9 Å². The Kier molecular flexibility index (Phi) is 9.32. The zero-order valence-corrected chi connectivity index (χ0v) is 27.4. The van der Waals surface area contributed by atoms with E-state index in [-0.39, 0.29) is 41.4 Å². The van der Waals surface area contributed by atoms with Gasteiger partial charge < -0.3 is 19.3 Å². The van der Waals surface area contributed by atoms with Crippen LogP contribution in [-0.2, 0) is 20.2 Å². The Balaban J connectivity index is 0.00000433. The summed E-state index contributed by atoms with van der Waals surface area (Å²) in [5, 5.41) is 0.847. The Bertz CT molecular complexity index is 1920. The Labute approximate surface area is 276 Å². The molecule has 1 aliphatic carbocycles. The lowest BCUT2D eigenvalue weighted by Gasteiger charge is -2.37. The van der Waals surface area contributed by atoms with Crippen molar-refractivity contribution in [3.8, 4) is 22.8 Å². The maximum absolute atomic E-state index is 13.4. The van der Waals surface area contributed by atoms with Gasteiger partial charge in [-0.3, -0.25) is 14.5 Å². The van der Waals surface area contributed by atoms with Crippen LogP contribution in [0.4, 0.5) is 24.5 Å². The molecular weight excluding hydrogens is 659 g/mol. The van der Waals surface area contributed by atoms with Gasteiger partial charge >= 0.3 is 6.36 Å². The van der Waals surface area contributed by atoms with E-state index in [1.165, 1.54) is 0 Å². The van der Waals surface area contributed by atoms with Gasteiger partial charge in [0.25, 0.3) is 10.0 Å². The first kappa shape index (κ1) is 34.2. The number of nitrogens with one attached hydrogen (secondary N) is 1. The van der Waals surface area contributed by atoms with Crippen LogP contribution < -0.4 is 19.1 Å². The summed E-state index contributed by atoms with van der Waals surface area (Å²) in [6, 6.07) is 11.1. The van der Waals surface area contributed by atoms with Crippen molar-refractivity contribution in [3.05, 3.63) is 66.5 Å². The van der Waals surface area contributed by atoms with E-state index in [1.807, 2.05) is 37.2 Å². The Morgan fingerprint density at radius 3 is 2.38 bits per heavy atom. The van der Waals surface area contributed by atoms with Crippen molar-refractivity contribution in [2.45, 2.75) is 42.4 Å². The molecule has 250 valence electrons. The quantitative estimate of drug-likeness (QED) is 0.197. The predicted molar refractivity (Wildman–Crippen MR) is 174 cm³/mol. The summed E-state index contributed by atoms with van der Waals surface area (Å²) in [6.07, 6.45) is 1.56. The number of carbonyl (C=O) groups excluding carboxylic acids is 1. The third-order valence-electron chi connectivity index (χ3n) is 8.39. The SMILES string of the molecule is CN(C)CCCOc1ncc(-c2ccc3ncc4c(c3c2)C2(CCC2)C(=O)N4C)cc1NS(=O)(=O)c1ccc(OC(F)(F)F)cc1.Cl. The predicted octanol–water partition coefficient (Wildman–Crippen LogP) is 6.15. The fourth-order valence-electron chi connectivity index (χ4n) is 6.02. The van der Waals surface area contributed by atoms with Gasteiger partial charge in [-0.05, 0) is 81.4 Å².